The van der Waals surface area contributed by atoms with Gasteiger partial charge in [0.15, 0.2) is 5.96 Å². The van der Waals surface area contributed by atoms with Crippen molar-refractivity contribution < 1.29 is 0 Å². The van der Waals surface area contributed by atoms with Crippen LogP contribution in [0.5, 0.6) is 0 Å². The number of aliphatic imine (C=N–C) groups is 1. The largest absolute Gasteiger partial charge is 0.375 e. The number of nitrogens with one attached hydrogen (secondary N) is 2. The zero-order chi connectivity index (χ0) is 20.2. The predicted octanol–water partition coefficient (Wildman–Crippen LogP) is 2.56. The molecule has 0 aliphatic carbocycles. The van der Waals surface area contributed by atoms with E-state index in [0.29, 0.717) is 5.92 Å². The van der Waals surface area contributed by atoms with Crippen LogP contribution in [0.2, 0.25) is 0 Å². The number of rotatable bonds is 11. The van der Waals surface area contributed by atoms with Gasteiger partial charge in [0, 0.05) is 51.9 Å². The molecule has 0 amide bonds. The molecule has 0 spiro atoms. The maximum Gasteiger partial charge on any atom is 0.191 e. The Morgan fingerprint density at radius 2 is 1.93 bits per heavy atom. The third kappa shape index (κ3) is 7.58. The lowest BCUT2D eigenvalue weighted by molar-refractivity contribution is 0.620. The van der Waals surface area contributed by atoms with Crippen LogP contribution >= 0.6 is 0 Å². The summed E-state index contributed by atoms with van der Waals surface area (Å²) in [4.78, 5) is 6.98. The summed E-state index contributed by atoms with van der Waals surface area (Å²) in [6.07, 6.45) is 3.72. The monoisotopic (exact) mass is 385 g/mol. The molecule has 0 aliphatic rings. The van der Waals surface area contributed by atoms with Gasteiger partial charge in [0.05, 0.1) is 0 Å². The molecule has 0 bridgehead atoms. The molecule has 1 aromatic carbocycles. The number of anilines is 1. The second-order valence-electron chi connectivity index (χ2n) is 7.34. The fourth-order valence-electron chi connectivity index (χ4n) is 2.82. The maximum absolute atomic E-state index is 4.70. The van der Waals surface area contributed by atoms with Gasteiger partial charge in [-0.2, -0.15) is 0 Å². The van der Waals surface area contributed by atoms with Gasteiger partial charge < -0.3 is 20.1 Å². The van der Waals surface area contributed by atoms with Crippen molar-refractivity contribution in [1.82, 2.24) is 25.4 Å². The standard InChI is InChI=1S/C21H35N7/c1-5-20-26-25-17-28(20)15-13-23-21(24-16-18(2)3)22-12-9-14-27(4)19-10-7-6-8-11-19/h6-8,10-11,17-18H,5,9,12-16H2,1-4H3,(H2,22,23,24). The van der Waals surface area contributed by atoms with Crippen LogP contribution < -0.4 is 15.5 Å². The number of hydrogen-bond acceptors (Lipinski definition) is 4. The summed E-state index contributed by atoms with van der Waals surface area (Å²) >= 11 is 0. The fourth-order valence-corrected chi connectivity index (χ4v) is 2.82. The molecule has 0 radical (unpaired) electrons. The van der Waals surface area contributed by atoms with E-state index in [9.17, 15) is 0 Å². The summed E-state index contributed by atoms with van der Waals surface area (Å²) in [7, 11) is 2.13. The van der Waals surface area contributed by atoms with Crippen molar-refractivity contribution in [2.75, 3.05) is 38.1 Å². The van der Waals surface area contributed by atoms with Crippen molar-refractivity contribution in [1.29, 1.82) is 0 Å². The highest BCUT2D eigenvalue weighted by Crippen LogP contribution is 2.10. The van der Waals surface area contributed by atoms with Gasteiger partial charge in [-0.15, -0.1) is 10.2 Å². The second-order valence-corrected chi connectivity index (χ2v) is 7.34. The second kappa shape index (κ2) is 12.0. The molecule has 7 heteroatoms. The molecule has 2 N–H and O–H groups in total. The van der Waals surface area contributed by atoms with Crippen LogP contribution in [-0.4, -0.2) is 54.0 Å². The fraction of sp³-hybridized carbons (Fsp3) is 0.571. The Morgan fingerprint density at radius 3 is 2.64 bits per heavy atom. The molecule has 0 atom stereocenters. The Labute approximate surface area is 169 Å². The van der Waals surface area contributed by atoms with Gasteiger partial charge in [-0.3, -0.25) is 4.99 Å². The number of para-hydroxylation sites is 1. The number of benzene rings is 1. The lowest BCUT2D eigenvalue weighted by Crippen LogP contribution is -2.40. The molecule has 2 rings (SSSR count). The first-order valence-electron chi connectivity index (χ1n) is 10.2. The summed E-state index contributed by atoms with van der Waals surface area (Å²) in [5.74, 6) is 2.42. The minimum absolute atomic E-state index is 0.535. The zero-order valence-corrected chi connectivity index (χ0v) is 17.7. The minimum Gasteiger partial charge on any atom is -0.375 e. The van der Waals surface area contributed by atoms with E-state index in [1.807, 2.05) is 6.07 Å². The van der Waals surface area contributed by atoms with Crippen LogP contribution in [0.4, 0.5) is 5.69 Å². The summed E-state index contributed by atoms with van der Waals surface area (Å²) in [5, 5.41) is 15.0. The molecule has 0 saturated heterocycles. The SMILES string of the molecule is CCc1nncn1CCNC(=NCC(C)C)NCCCN(C)c1ccccc1. The zero-order valence-electron chi connectivity index (χ0n) is 17.7. The van der Waals surface area contributed by atoms with Gasteiger partial charge >= 0.3 is 0 Å². The van der Waals surface area contributed by atoms with Crippen molar-refractivity contribution in [3.63, 3.8) is 0 Å². The quantitative estimate of drug-likeness (QED) is 0.353. The average Bonchev–Trinajstić information content (AvgIpc) is 3.16. The first-order valence-corrected chi connectivity index (χ1v) is 10.2. The Balaban J connectivity index is 1.76. The summed E-state index contributed by atoms with van der Waals surface area (Å²) < 4.78 is 2.09. The van der Waals surface area contributed by atoms with E-state index >= 15 is 0 Å². The first kappa shape index (κ1) is 21.7. The van der Waals surface area contributed by atoms with Crippen LogP contribution in [0.3, 0.4) is 0 Å². The van der Waals surface area contributed by atoms with Gasteiger partial charge in [0.2, 0.25) is 0 Å². The molecule has 2 aromatic rings. The van der Waals surface area contributed by atoms with E-state index in [-0.39, 0.29) is 0 Å². The number of hydrogen-bond donors (Lipinski definition) is 2. The third-order valence-corrected chi connectivity index (χ3v) is 4.43. The molecular weight excluding hydrogens is 350 g/mol. The molecular formula is C21H35N7. The van der Waals surface area contributed by atoms with Crippen LogP contribution in [0, 0.1) is 5.92 Å². The number of aromatic nitrogens is 3. The highest BCUT2D eigenvalue weighted by Gasteiger charge is 2.04. The van der Waals surface area contributed by atoms with E-state index in [0.717, 1.165) is 57.3 Å². The summed E-state index contributed by atoms with van der Waals surface area (Å²) in [6, 6.07) is 10.5. The van der Waals surface area contributed by atoms with Crippen LogP contribution in [0.15, 0.2) is 41.7 Å². The van der Waals surface area contributed by atoms with E-state index in [1.54, 1.807) is 6.33 Å². The molecule has 0 fully saturated rings. The molecule has 0 saturated carbocycles. The van der Waals surface area contributed by atoms with Crippen molar-refractivity contribution >= 4 is 11.6 Å². The molecule has 154 valence electrons. The first-order chi connectivity index (χ1) is 13.6. The van der Waals surface area contributed by atoms with Gasteiger partial charge in [-0.25, -0.2) is 0 Å². The average molecular weight is 386 g/mol. The van der Waals surface area contributed by atoms with E-state index in [1.165, 1.54) is 5.69 Å². The Kier molecular flexibility index (Phi) is 9.31. The topological polar surface area (TPSA) is 70.4 Å². The van der Waals surface area contributed by atoms with Gasteiger partial charge in [0.1, 0.15) is 12.2 Å². The molecule has 7 nitrogen and oxygen atoms in total. The van der Waals surface area contributed by atoms with Crippen molar-refractivity contribution in [2.24, 2.45) is 10.9 Å². The van der Waals surface area contributed by atoms with Crippen molar-refractivity contribution in [3.8, 4) is 0 Å². The molecule has 28 heavy (non-hydrogen) atoms. The van der Waals surface area contributed by atoms with E-state index in [4.69, 9.17) is 4.99 Å². The lowest BCUT2D eigenvalue weighted by atomic mass is 10.2. The van der Waals surface area contributed by atoms with Crippen molar-refractivity contribution in [2.45, 2.75) is 40.2 Å². The molecule has 1 heterocycles. The van der Waals surface area contributed by atoms with Crippen LogP contribution in [0.1, 0.15) is 33.0 Å². The van der Waals surface area contributed by atoms with Gasteiger partial charge in [-0.05, 0) is 24.5 Å². The molecule has 1 aromatic heterocycles. The number of aryl methyl sites for hydroxylation is 1. The molecule has 0 aliphatic heterocycles. The normalized spacial score (nSPS) is 11.7. The lowest BCUT2D eigenvalue weighted by Gasteiger charge is -2.20. The number of guanidine groups is 1. The summed E-state index contributed by atoms with van der Waals surface area (Å²) in [5.41, 5.74) is 1.25. The Bertz CT molecular complexity index is 694. The van der Waals surface area contributed by atoms with E-state index in [2.05, 4.69) is 82.4 Å². The maximum atomic E-state index is 4.70. The number of nitrogens with zero attached hydrogens (tertiary/aromatic N) is 5. The molecule has 0 unspecified atom stereocenters. The Morgan fingerprint density at radius 1 is 1.18 bits per heavy atom. The smallest absolute Gasteiger partial charge is 0.191 e. The minimum atomic E-state index is 0.535. The van der Waals surface area contributed by atoms with Gasteiger partial charge in [0.25, 0.3) is 0 Å². The Hall–Kier alpha value is -2.57. The third-order valence-electron chi connectivity index (χ3n) is 4.43. The highest BCUT2D eigenvalue weighted by molar-refractivity contribution is 5.79. The summed E-state index contributed by atoms with van der Waals surface area (Å²) in [6.45, 7) is 10.8. The predicted molar refractivity (Wildman–Crippen MR) is 117 cm³/mol. The van der Waals surface area contributed by atoms with Crippen LogP contribution in [0.25, 0.3) is 0 Å². The van der Waals surface area contributed by atoms with E-state index < -0.39 is 0 Å². The van der Waals surface area contributed by atoms with Crippen LogP contribution in [-0.2, 0) is 13.0 Å². The van der Waals surface area contributed by atoms with Gasteiger partial charge in [-0.1, -0.05) is 39.0 Å². The highest BCUT2D eigenvalue weighted by atomic mass is 15.3. The van der Waals surface area contributed by atoms with Crippen molar-refractivity contribution in [3.05, 3.63) is 42.5 Å².